The highest BCUT2D eigenvalue weighted by Crippen LogP contribution is 2.08. The van der Waals surface area contributed by atoms with E-state index in [-0.39, 0.29) is 5.95 Å². The molecule has 1 aromatic rings. The smallest absolute Gasteiger partial charge is 0.313 e. The van der Waals surface area contributed by atoms with Crippen molar-refractivity contribution in [3.63, 3.8) is 0 Å². The number of methoxy groups -OCH3 is 1. The summed E-state index contributed by atoms with van der Waals surface area (Å²) in [6.07, 6.45) is 1.13. The summed E-state index contributed by atoms with van der Waals surface area (Å²) in [5.41, 5.74) is 0. The van der Waals surface area contributed by atoms with Crippen LogP contribution in [0.2, 0.25) is 0 Å². The molecule has 1 rings (SSSR count). The largest absolute Gasteiger partial charge is 0.479 e. The van der Waals surface area contributed by atoms with Crippen molar-refractivity contribution in [3.05, 3.63) is 42.5 Å². The van der Waals surface area contributed by atoms with Crippen LogP contribution in [0.3, 0.4) is 0 Å². The zero-order chi connectivity index (χ0) is 8.81. The molecule has 0 aliphatic heterocycles. The maximum absolute atomic E-state index is 8.83. The maximum atomic E-state index is 8.83. The van der Waals surface area contributed by atoms with Gasteiger partial charge in [-0.15, -0.1) is 0 Å². The van der Waals surface area contributed by atoms with Gasteiger partial charge in [0.2, 0.25) is 0 Å². The van der Waals surface area contributed by atoms with E-state index in [0.717, 1.165) is 6.26 Å². The van der Waals surface area contributed by atoms with E-state index in [2.05, 4.69) is 4.74 Å². The molecular weight excluding hydrogens is 156 g/mol. The number of rotatable bonds is 3. The number of para-hydroxylation sites is 1. The molecule has 3 heteroatoms. The summed E-state index contributed by atoms with van der Waals surface area (Å²) in [5, 5.41) is 8.83. The van der Waals surface area contributed by atoms with Crippen molar-refractivity contribution < 1.29 is 14.6 Å². The summed E-state index contributed by atoms with van der Waals surface area (Å²) in [4.78, 5) is 0. The first-order chi connectivity index (χ1) is 5.83. The Morgan fingerprint density at radius 1 is 1.33 bits per heavy atom. The molecule has 0 radical (unpaired) electrons. The van der Waals surface area contributed by atoms with Crippen molar-refractivity contribution in [3.8, 4) is 5.75 Å². The van der Waals surface area contributed by atoms with E-state index < -0.39 is 0 Å². The van der Waals surface area contributed by atoms with E-state index in [9.17, 15) is 0 Å². The molecule has 12 heavy (non-hydrogen) atoms. The molecule has 1 aromatic carbocycles. The summed E-state index contributed by atoms with van der Waals surface area (Å²) >= 11 is 0. The van der Waals surface area contributed by atoms with Gasteiger partial charge in [0, 0.05) is 0 Å². The van der Waals surface area contributed by atoms with Crippen LogP contribution in [-0.4, -0.2) is 12.2 Å². The Hall–Kier alpha value is -1.64. The Morgan fingerprint density at radius 2 is 2.00 bits per heavy atom. The minimum Gasteiger partial charge on any atom is -0.479 e. The first kappa shape index (κ1) is 8.46. The zero-order valence-electron chi connectivity index (χ0n) is 6.73. The number of hydrogen-bond acceptors (Lipinski definition) is 3. The van der Waals surface area contributed by atoms with Crippen LogP contribution in [0.4, 0.5) is 0 Å². The quantitative estimate of drug-likeness (QED) is 0.698. The fraction of sp³-hybridized carbons (Fsp3) is 0.111. The molecule has 0 aromatic heterocycles. The lowest BCUT2D eigenvalue weighted by Gasteiger charge is -1.99. The van der Waals surface area contributed by atoms with Gasteiger partial charge in [-0.25, -0.2) is 0 Å². The predicted molar refractivity (Wildman–Crippen MR) is 44.8 cm³/mol. The first-order valence-electron chi connectivity index (χ1n) is 3.48. The molecule has 3 nitrogen and oxygen atoms in total. The van der Waals surface area contributed by atoms with E-state index >= 15 is 0 Å². The van der Waals surface area contributed by atoms with Crippen molar-refractivity contribution in [1.82, 2.24) is 0 Å². The van der Waals surface area contributed by atoms with Gasteiger partial charge in [-0.3, -0.25) is 0 Å². The number of aliphatic hydroxyl groups excluding tert-OH is 1. The summed E-state index contributed by atoms with van der Waals surface area (Å²) in [5.74, 6) is 0.403. The Labute approximate surface area is 70.9 Å². The second-order valence-electron chi connectivity index (χ2n) is 2.09. The Kier molecular flexibility index (Phi) is 3.02. The molecule has 0 saturated heterocycles. The molecule has 0 amide bonds. The highest BCUT2D eigenvalue weighted by atomic mass is 16.6. The van der Waals surface area contributed by atoms with Gasteiger partial charge in [-0.05, 0) is 12.1 Å². The van der Waals surface area contributed by atoms with Crippen LogP contribution < -0.4 is 4.74 Å². The third-order valence-corrected chi connectivity index (χ3v) is 1.25. The van der Waals surface area contributed by atoms with Crippen molar-refractivity contribution in [2.45, 2.75) is 0 Å². The third kappa shape index (κ3) is 2.54. The molecule has 0 spiro atoms. The van der Waals surface area contributed by atoms with Crippen LogP contribution in [0.15, 0.2) is 42.5 Å². The molecule has 0 saturated carbocycles. The highest BCUT2D eigenvalue weighted by molar-refractivity contribution is 5.21. The van der Waals surface area contributed by atoms with Crippen LogP contribution in [0.5, 0.6) is 5.75 Å². The number of ether oxygens (including phenoxy) is 2. The molecule has 0 aliphatic rings. The molecule has 0 heterocycles. The van der Waals surface area contributed by atoms with Gasteiger partial charge in [0.25, 0.3) is 0 Å². The Morgan fingerprint density at radius 3 is 2.58 bits per heavy atom. The second-order valence-corrected chi connectivity index (χ2v) is 2.09. The molecule has 0 unspecified atom stereocenters. The van der Waals surface area contributed by atoms with E-state index in [4.69, 9.17) is 9.84 Å². The topological polar surface area (TPSA) is 38.7 Å². The van der Waals surface area contributed by atoms with E-state index in [1.807, 2.05) is 18.2 Å². The fourth-order valence-electron chi connectivity index (χ4n) is 0.666. The zero-order valence-corrected chi connectivity index (χ0v) is 6.73. The van der Waals surface area contributed by atoms with Crippen molar-refractivity contribution in [1.29, 1.82) is 0 Å². The number of aliphatic hydroxyl groups is 1. The van der Waals surface area contributed by atoms with E-state index in [1.54, 1.807) is 12.1 Å². The van der Waals surface area contributed by atoms with Crippen LogP contribution in [0.25, 0.3) is 0 Å². The summed E-state index contributed by atoms with van der Waals surface area (Å²) in [6, 6.07) is 9.12. The molecule has 64 valence electrons. The minimum atomic E-state index is -0.251. The monoisotopic (exact) mass is 166 g/mol. The molecule has 1 N–H and O–H groups in total. The van der Waals surface area contributed by atoms with Gasteiger partial charge >= 0.3 is 5.95 Å². The fourth-order valence-corrected chi connectivity index (χ4v) is 0.666. The minimum absolute atomic E-state index is 0.251. The molecular formula is C9H10O3. The van der Waals surface area contributed by atoms with Crippen LogP contribution in [-0.2, 0) is 4.74 Å². The highest BCUT2D eigenvalue weighted by Gasteiger charge is 1.90. The predicted octanol–water partition coefficient (Wildman–Crippen LogP) is 2.07. The SMILES string of the molecule is CO/C(O)=C/Oc1ccccc1. The normalized spacial score (nSPS) is 10.9. The molecule has 0 fully saturated rings. The lowest BCUT2D eigenvalue weighted by atomic mass is 10.3. The molecule has 0 bridgehead atoms. The third-order valence-electron chi connectivity index (χ3n) is 1.25. The molecule has 0 atom stereocenters. The Balaban J connectivity index is 2.54. The maximum Gasteiger partial charge on any atom is 0.313 e. The van der Waals surface area contributed by atoms with E-state index in [1.165, 1.54) is 7.11 Å². The summed E-state index contributed by atoms with van der Waals surface area (Å²) in [7, 11) is 1.36. The van der Waals surface area contributed by atoms with Gasteiger partial charge < -0.3 is 14.6 Å². The van der Waals surface area contributed by atoms with Gasteiger partial charge in [-0.2, -0.15) is 0 Å². The van der Waals surface area contributed by atoms with Crippen molar-refractivity contribution in [2.24, 2.45) is 0 Å². The van der Waals surface area contributed by atoms with Crippen LogP contribution in [0, 0.1) is 0 Å². The van der Waals surface area contributed by atoms with Crippen molar-refractivity contribution in [2.75, 3.05) is 7.11 Å². The van der Waals surface area contributed by atoms with Crippen LogP contribution in [0.1, 0.15) is 0 Å². The average Bonchev–Trinajstić information content (AvgIpc) is 2.16. The van der Waals surface area contributed by atoms with Gasteiger partial charge in [0.05, 0.1) is 7.11 Å². The summed E-state index contributed by atoms with van der Waals surface area (Å²) < 4.78 is 9.49. The van der Waals surface area contributed by atoms with Crippen molar-refractivity contribution >= 4 is 0 Å². The van der Waals surface area contributed by atoms with Crippen LogP contribution >= 0.6 is 0 Å². The Bertz CT molecular complexity index is 254. The molecule has 0 aliphatic carbocycles. The number of hydrogen-bond donors (Lipinski definition) is 1. The van der Waals surface area contributed by atoms with Gasteiger partial charge in [0.1, 0.15) is 5.75 Å². The van der Waals surface area contributed by atoms with Gasteiger partial charge in [-0.1, -0.05) is 18.2 Å². The van der Waals surface area contributed by atoms with Gasteiger partial charge in [0.15, 0.2) is 6.26 Å². The standard InChI is InChI=1S/C9H10O3/c1-11-9(10)7-12-8-5-3-2-4-6-8/h2-7,10H,1H3/b9-7+. The lowest BCUT2D eigenvalue weighted by Crippen LogP contribution is -1.88. The second kappa shape index (κ2) is 4.28. The first-order valence-corrected chi connectivity index (χ1v) is 3.48. The lowest BCUT2D eigenvalue weighted by molar-refractivity contribution is 0.124. The van der Waals surface area contributed by atoms with E-state index in [0.29, 0.717) is 5.75 Å². The average molecular weight is 166 g/mol. The summed E-state index contributed by atoms with van der Waals surface area (Å²) in [6.45, 7) is 0. The number of benzene rings is 1.